The zero-order valence-corrected chi connectivity index (χ0v) is 9.90. The van der Waals surface area contributed by atoms with E-state index in [1.54, 1.807) is 0 Å². The van der Waals surface area contributed by atoms with E-state index in [-0.39, 0.29) is 0 Å². The first kappa shape index (κ1) is 10.1. The molecule has 1 aromatic rings. The molecule has 1 N–H and O–H groups in total. The molecule has 0 aliphatic carbocycles. The third-order valence-corrected chi connectivity index (χ3v) is 3.68. The third-order valence-electron chi connectivity index (χ3n) is 2.80. The summed E-state index contributed by atoms with van der Waals surface area (Å²) in [7, 11) is 2.16. The first-order valence-electron chi connectivity index (χ1n) is 5.15. The molecule has 1 unspecified atom stereocenters. The molecule has 0 spiro atoms. The van der Waals surface area contributed by atoms with Gasteiger partial charge < -0.3 is 10.2 Å². The molecule has 0 amide bonds. The van der Waals surface area contributed by atoms with Crippen LogP contribution in [0.3, 0.4) is 0 Å². The molecule has 1 fully saturated rings. The highest BCUT2D eigenvalue weighted by Crippen LogP contribution is 2.21. The van der Waals surface area contributed by atoms with Gasteiger partial charge in [0.1, 0.15) is 0 Å². The predicted octanol–water partition coefficient (Wildman–Crippen LogP) is 2.02. The fraction of sp³-hybridized carbons (Fsp3) is 0.636. The summed E-state index contributed by atoms with van der Waals surface area (Å²) in [5.41, 5.74) is 1.43. The predicted molar refractivity (Wildman–Crippen MR) is 61.9 cm³/mol. The zero-order chi connectivity index (χ0) is 10.1. The summed E-state index contributed by atoms with van der Waals surface area (Å²) in [6, 6.07) is 3.47. The highest BCUT2D eigenvalue weighted by atomic mass is 32.1. The van der Waals surface area contributed by atoms with Crippen LogP contribution in [0, 0.1) is 6.92 Å². The first-order valence-corrected chi connectivity index (χ1v) is 6.03. The number of likely N-dealkylation sites (tertiary alicyclic amines) is 1. The van der Waals surface area contributed by atoms with Crippen molar-refractivity contribution in [3.8, 4) is 0 Å². The van der Waals surface area contributed by atoms with Crippen molar-refractivity contribution in [2.45, 2.75) is 25.9 Å². The van der Waals surface area contributed by atoms with Crippen molar-refractivity contribution in [2.24, 2.45) is 0 Å². The van der Waals surface area contributed by atoms with Crippen molar-refractivity contribution in [2.75, 3.05) is 20.1 Å². The lowest BCUT2D eigenvalue weighted by Crippen LogP contribution is -2.56. The van der Waals surface area contributed by atoms with E-state index in [0.29, 0.717) is 12.1 Å². The van der Waals surface area contributed by atoms with Crippen LogP contribution in [0.2, 0.25) is 0 Å². The first-order chi connectivity index (χ1) is 6.65. The number of nitrogens with zero attached hydrogens (tertiary/aromatic N) is 1. The molecule has 0 aromatic carbocycles. The van der Waals surface area contributed by atoms with Crippen LogP contribution in [-0.4, -0.2) is 31.1 Å². The number of aryl methyl sites for hydroxylation is 1. The van der Waals surface area contributed by atoms with Crippen molar-refractivity contribution in [1.82, 2.24) is 10.2 Å². The minimum absolute atomic E-state index is 0.499. The van der Waals surface area contributed by atoms with Gasteiger partial charge in [0.2, 0.25) is 0 Å². The number of rotatable bonds is 3. The van der Waals surface area contributed by atoms with Crippen molar-refractivity contribution in [3.63, 3.8) is 0 Å². The van der Waals surface area contributed by atoms with Gasteiger partial charge in [-0.2, -0.15) is 0 Å². The van der Waals surface area contributed by atoms with Gasteiger partial charge in [-0.1, -0.05) is 0 Å². The van der Waals surface area contributed by atoms with Gasteiger partial charge in [-0.25, -0.2) is 0 Å². The summed E-state index contributed by atoms with van der Waals surface area (Å²) in [6.07, 6.45) is 0. The van der Waals surface area contributed by atoms with Crippen molar-refractivity contribution < 1.29 is 0 Å². The van der Waals surface area contributed by atoms with Gasteiger partial charge in [-0.05, 0) is 37.9 Å². The Kier molecular flexibility index (Phi) is 2.91. The quantitative estimate of drug-likeness (QED) is 0.821. The Bertz CT molecular complexity index is 302. The summed E-state index contributed by atoms with van der Waals surface area (Å²) in [4.78, 5) is 3.74. The van der Waals surface area contributed by atoms with E-state index in [4.69, 9.17) is 0 Å². The molecule has 0 saturated carbocycles. The summed E-state index contributed by atoms with van der Waals surface area (Å²) >= 11 is 1.84. The van der Waals surface area contributed by atoms with E-state index in [0.717, 1.165) is 0 Å². The van der Waals surface area contributed by atoms with Crippen molar-refractivity contribution >= 4 is 11.3 Å². The van der Waals surface area contributed by atoms with Crippen molar-refractivity contribution in [3.05, 3.63) is 21.9 Å². The molecule has 1 aliphatic rings. The number of hydrogen-bond donors (Lipinski definition) is 1. The number of nitrogens with one attached hydrogen (secondary N) is 1. The molecule has 2 rings (SSSR count). The Morgan fingerprint density at radius 1 is 1.57 bits per heavy atom. The second kappa shape index (κ2) is 4.01. The van der Waals surface area contributed by atoms with E-state index in [1.165, 1.54) is 23.5 Å². The van der Waals surface area contributed by atoms with Crippen LogP contribution in [0.5, 0.6) is 0 Å². The molecule has 1 aliphatic heterocycles. The molecule has 0 radical (unpaired) electrons. The smallest absolute Gasteiger partial charge is 0.0327 e. The zero-order valence-electron chi connectivity index (χ0n) is 9.08. The summed E-state index contributed by atoms with van der Waals surface area (Å²) in [6.45, 7) is 6.79. The van der Waals surface area contributed by atoms with Crippen LogP contribution >= 0.6 is 11.3 Å². The molecule has 78 valence electrons. The maximum atomic E-state index is 3.64. The van der Waals surface area contributed by atoms with E-state index in [1.807, 2.05) is 11.3 Å². The molecular weight excluding hydrogens is 192 g/mol. The van der Waals surface area contributed by atoms with Crippen molar-refractivity contribution in [1.29, 1.82) is 0 Å². The van der Waals surface area contributed by atoms with E-state index in [2.05, 4.69) is 42.6 Å². The Balaban J connectivity index is 1.86. The van der Waals surface area contributed by atoms with Crippen LogP contribution in [0.4, 0.5) is 0 Å². The van der Waals surface area contributed by atoms with E-state index in [9.17, 15) is 0 Å². The standard InChI is InChI=1S/C11H18N2S/c1-8-4-10(7-14-8)9(2)12-11-5-13(3)6-11/h4,7,9,11-12H,5-6H2,1-3H3. The molecule has 0 bridgehead atoms. The molecule has 2 nitrogen and oxygen atoms in total. The van der Waals surface area contributed by atoms with Crippen LogP contribution in [0.25, 0.3) is 0 Å². The number of thiophene rings is 1. The highest BCUT2D eigenvalue weighted by molar-refractivity contribution is 7.10. The maximum Gasteiger partial charge on any atom is 0.0327 e. The lowest BCUT2D eigenvalue weighted by atomic mass is 10.1. The second-order valence-corrected chi connectivity index (χ2v) is 5.41. The van der Waals surface area contributed by atoms with Gasteiger partial charge in [0, 0.05) is 30.1 Å². The average molecular weight is 210 g/mol. The summed E-state index contributed by atoms with van der Waals surface area (Å²) in [5.74, 6) is 0. The monoisotopic (exact) mass is 210 g/mol. The van der Waals surface area contributed by atoms with Crippen LogP contribution in [-0.2, 0) is 0 Å². The molecule has 1 atom stereocenters. The van der Waals surface area contributed by atoms with Gasteiger partial charge in [-0.3, -0.25) is 0 Å². The fourth-order valence-corrected chi connectivity index (χ4v) is 2.74. The van der Waals surface area contributed by atoms with Gasteiger partial charge in [-0.15, -0.1) is 11.3 Å². The summed E-state index contributed by atoms with van der Waals surface area (Å²) < 4.78 is 0. The lowest BCUT2D eigenvalue weighted by Gasteiger charge is -2.38. The highest BCUT2D eigenvalue weighted by Gasteiger charge is 2.24. The topological polar surface area (TPSA) is 15.3 Å². The van der Waals surface area contributed by atoms with Crippen LogP contribution < -0.4 is 5.32 Å². The Morgan fingerprint density at radius 3 is 2.79 bits per heavy atom. The molecule has 1 aromatic heterocycles. The summed E-state index contributed by atoms with van der Waals surface area (Å²) in [5, 5.41) is 5.90. The second-order valence-electron chi connectivity index (χ2n) is 4.30. The number of likely N-dealkylation sites (N-methyl/N-ethyl adjacent to an activating group) is 1. The third kappa shape index (κ3) is 2.16. The Morgan fingerprint density at radius 2 is 2.29 bits per heavy atom. The lowest BCUT2D eigenvalue weighted by molar-refractivity contribution is 0.153. The van der Waals surface area contributed by atoms with Gasteiger partial charge in [0.25, 0.3) is 0 Å². The number of hydrogen-bond acceptors (Lipinski definition) is 3. The van der Waals surface area contributed by atoms with E-state index < -0.39 is 0 Å². The minimum atomic E-state index is 0.499. The maximum absolute atomic E-state index is 3.64. The molecule has 3 heteroatoms. The van der Waals surface area contributed by atoms with Crippen LogP contribution in [0.1, 0.15) is 23.4 Å². The Labute approximate surface area is 89.9 Å². The van der Waals surface area contributed by atoms with Crippen LogP contribution in [0.15, 0.2) is 11.4 Å². The normalized spacial score (nSPS) is 20.8. The largest absolute Gasteiger partial charge is 0.305 e. The Hall–Kier alpha value is -0.380. The minimum Gasteiger partial charge on any atom is -0.305 e. The molecule has 2 heterocycles. The van der Waals surface area contributed by atoms with Gasteiger partial charge >= 0.3 is 0 Å². The van der Waals surface area contributed by atoms with Gasteiger partial charge in [0.15, 0.2) is 0 Å². The fourth-order valence-electron chi connectivity index (χ4n) is 1.94. The molecule has 14 heavy (non-hydrogen) atoms. The molecule has 1 saturated heterocycles. The molecular formula is C11H18N2S. The van der Waals surface area contributed by atoms with Gasteiger partial charge in [0.05, 0.1) is 0 Å². The average Bonchev–Trinajstić information content (AvgIpc) is 2.49. The van der Waals surface area contributed by atoms with E-state index >= 15 is 0 Å². The SMILES string of the molecule is Cc1cc(C(C)NC2CN(C)C2)cs1.